The Balaban J connectivity index is 2.32. The summed E-state index contributed by atoms with van der Waals surface area (Å²) in [6, 6.07) is 8.34. The van der Waals surface area contributed by atoms with E-state index in [0.29, 0.717) is 5.56 Å². The normalized spacial score (nSPS) is 39.5. The Morgan fingerprint density at radius 2 is 1.80 bits per heavy atom. The number of hydrogen-bond acceptors (Lipinski definition) is 6. The average molecular weight is 305 g/mol. The third kappa shape index (κ3) is 2.44. The van der Waals surface area contributed by atoms with Gasteiger partial charge in [-0.05, 0) is 5.56 Å². The molecule has 1 aliphatic rings. The average Bonchev–Trinajstić information content (AvgIpc) is 2.48. The molecule has 5 N–H and O–H groups in total. The van der Waals surface area contributed by atoms with Crippen LogP contribution in [-0.2, 0) is 4.74 Å². The Hall–Kier alpha value is -0.730. The molecular weight excluding hydrogens is 288 g/mol. The fourth-order valence-corrected chi connectivity index (χ4v) is 2.68. The van der Waals surface area contributed by atoms with E-state index in [1.54, 1.807) is 30.3 Å². The largest absolute Gasteiger partial charge is 0.394 e. The monoisotopic (exact) mass is 304 g/mol. The first-order valence-electron chi connectivity index (χ1n) is 6.14. The highest BCUT2D eigenvalue weighted by molar-refractivity contribution is 6.21. The number of benzene rings is 1. The zero-order valence-corrected chi connectivity index (χ0v) is 11.3. The van der Waals surface area contributed by atoms with Crippen LogP contribution in [0.3, 0.4) is 0 Å². The quantitative estimate of drug-likeness (QED) is 0.464. The maximum absolute atomic E-state index is 10.5. The van der Waals surface area contributed by atoms with Crippen molar-refractivity contribution in [2.75, 3.05) is 6.61 Å². The predicted octanol–water partition coefficient (Wildman–Crippen LogP) is -0.871. The molecule has 0 amide bonds. The highest BCUT2D eigenvalue weighted by Gasteiger charge is 2.58. The van der Waals surface area contributed by atoms with Crippen LogP contribution in [0.25, 0.3) is 0 Å². The van der Waals surface area contributed by atoms with E-state index in [2.05, 4.69) is 0 Å². The summed E-state index contributed by atoms with van der Waals surface area (Å²) in [5.74, 6) is 0. The number of rotatable bonds is 3. The molecule has 112 valence electrons. The Kier molecular flexibility index (Phi) is 4.66. The summed E-state index contributed by atoms with van der Waals surface area (Å²) in [7, 11) is 0. The fourth-order valence-electron chi connectivity index (χ4n) is 2.29. The molecule has 0 saturated carbocycles. The Morgan fingerprint density at radius 1 is 1.20 bits per heavy atom. The van der Waals surface area contributed by atoms with Crippen LogP contribution in [-0.4, -0.2) is 62.3 Å². The summed E-state index contributed by atoms with van der Waals surface area (Å²) < 4.78 is 4.94. The molecule has 0 bridgehead atoms. The van der Waals surface area contributed by atoms with Crippen molar-refractivity contribution in [3.05, 3.63) is 35.9 Å². The minimum atomic E-state index is -2.30. The van der Waals surface area contributed by atoms with Gasteiger partial charge in [0.1, 0.15) is 18.3 Å². The van der Waals surface area contributed by atoms with Crippen molar-refractivity contribution < 1.29 is 30.3 Å². The van der Waals surface area contributed by atoms with Crippen molar-refractivity contribution in [2.24, 2.45) is 0 Å². The van der Waals surface area contributed by atoms with Crippen molar-refractivity contribution >= 4 is 11.6 Å². The lowest BCUT2D eigenvalue weighted by Gasteiger charge is -2.48. The number of alkyl halides is 1. The number of ether oxygens (including phenoxy) is 1. The van der Waals surface area contributed by atoms with Gasteiger partial charge >= 0.3 is 0 Å². The van der Waals surface area contributed by atoms with Gasteiger partial charge < -0.3 is 30.3 Å². The van der Waals surface area contributed by atoms with Crippen LogP contribution in [0.2, 0.25) is 0 Å². The SMILES string of the molecule is OC[C@H]1OC(O)[C@@](O)(C(Cl)c2ccccc2)[C@@H](O)[C@@H]1O. The van der Waals surface area contributed by atoms with E-state index in [0.717, 1.165) is 0 Å². The van der Waals surface area contributed by atoms with E-state index in [4.69, 9.17) is 21.4 Å². The van der Waals surface area contributed by atoms with Crippen molar-refractivity contribution in [1.82, 2.24) is 0 Å². The second kappa shape index (κ2) is 5.95. The van der Waals surface area contributed by atoms with E-state index >= 15 is 0 Å². The molecule has 0 aliphatic carbocycles. The number of aliphatic hydroxyl groups excluding tert-OH is 4. The van der Waals surface area contributed by atoms with Gasteiger partial charge in [0.25, 0.3) is 0 Å². The molecule has 1 heterocycles. The molecule has 0 radical (unpaired) electrons. The molecule has 2 unspecified atom stereocenters. The molecule has 1 aromatic carbocycles. The molecule has 1 aromatic rings. The minimum Gasteiger partial charge on any atom is -0.394 e. The van der Waals surface area contributed by atoms with Crippen LogP contribution in [0.4, 0.5) is 0 Å². The first-order valence-corrected chi connectivity index (χ1v) is 6.58. The highest BCUT2D eigenvalue weighted by atomic mass is 35.5. The Morgan fingerprint density at radius 3 is 2.35 bits per heavy atom. The third-order valence-corrected chi connectivity index (χ3v) is 4.16. The van der Waals surface area contributed by atoms with Crippen molar-refractivity contribution in [2.45, 2.75) is 35.6 Å². The zero-order valence-electron chi connectivity index (χ0n) is 10.5. The Labute approximate surface area is 120 Å². The number of hydrogen-bond donors (Lipinski definition) is 5. The van der Waals surface area contributed by atoms with Gasteiger partial charge in [0.2, 0.25) is 0 Å². The zero-order chi connectivity index (χ0) is 14.9. The van der Waals surface area contributed by atoms with Crippen molar-refractivity contribution in [3.63, 3.8) is 0 Å². The van der Waals surface area contributed by atoms with E-state index in [9.17, 15) is 20.4 Å². The first-order chi connectivity index (χ1) is 9.42. The minimum absolute atomic E-state index is 0.452. The molecule has 1 fully saturated rings. The summed E-state index contributed by atoms with van der Waals surface area (Å²) in [5.41, 5.74) is -1.85. The lowest BCUT2D eigenvalue weighted by Crippen LogP contribution is -2.68. The van der Waals surface area contributed by atoms with Crippen molar-refractivity contribution in [1.29, 1.82) is 0 Å². The molecule has 6 atom stereocenters. The van der Waals surface area contributed by atoms with Gasteiger partial charge in [0, 0.05) is 0 Å². The van der Waals surface area contributed by atoms with Crippen LogP contribution < -0.4 is 0 Å². The van der Waals surface area contributed by atoms with E-state index in [-0.39, 0.29) is 0 Å². The maximum atomic E-state index is 10.5. The van der Waals surface area contributed by atoms with E-state index in [1.165, 1.54) is 0 Å². The van der Waals surface area contributed by atoms with Gasteiger partial charge in [-0.3, -0.25) is 0 Å². The molecule has 1 aliphatic heterocycles. The third-order valence-electron chi connectivity index (χ3n) is 3.56. The van der Waals surface area contributed by atoms with Gasteiger partial charge in [0.15, 0.2) is 11.9 Å². The smallest absolute Gasteiger partial charge is 0.188 e. The molecule has 20 heavy (non-hydrogen) atoms. The van der Waals surface area contributed by atoms with Gasteiger partial charge in [0.05, 0.1) is 12.0 Å². The summed E-state index contributed by atoms with van der Waals surface area (Å²) >= 11 is 6.15. The first kappa shape index (κ1) is 15.7. The second-order valence-corrected chi connectivity index (χ2v) is 5.24. The summed E-state index contributed by atoms with van der Waals surface area (Å²) in [6.07, 6.45) is -6.38. The Bertz CT molecular complexity index is 444. The van der Waals surface area contributed by atoms with Gasteiger partial charge in [-0.2, -0.15) is 0 Å². The molecule has 1 saturated heterocycles. The summed E-state index contributed by atoms with van der Waals surface area (Å²) in [4.78, 5) is 0. The second-order valence-electron chi connectivity index (χ2n) is 4.81. The molecule has 2 rings (SSSR count). The molecule has 0 spiro atoms. The standard InChI is InChI=1S/C13H17ClO6/c14-10(7-4-2-1-3-5-7)13(19)11(17)9(16)8(6-15)20-12(13)18/h1-5,8-12,15-19H,6H2/t8-,9-,10?,11+,12?,13-/m1/s1. The van der Waals surface area contributed by atoms with Crippen LogP contribution >= 0.6 is 11.6 Å². The van der Waals surface area contributed by atoms with Crippen LogP contribution in [0.1, 0.15) is 10.9 Å². The molecular formula is C13H17ClO6. The summed E-state index contributed by atoms with van der Waals surface area (Å²) in [6.45, 7) is -0.607. The van der Waals surface area contributed by atoms with Crippen LogP contribution in [0.5, 0.6) is 0 Å². The fraction of sp³-hybridized carbons (Fsp3) is 0.538. The maximum Gasteiger partial charge on any atom is 0.188 e. The van der Waals surface area contributed by atoms with E-state index in [1.807, 2.05) is 0 Å². The topological polar surface area (TPSA) is 110 Å². The summed E-state index contributed by atoms with van der Waals surface area (Å²) in [5, 5.41) is 48.1. The predicted molar refractivity (Wildman–Crippen MR) is 70.0 cm³/mol. The molecule has 6 nitrogen and oxygen atoms in total. The van der Waals surface area contributed by atoms with E-state index < -0.39 is 42.2 Å². The van der Waals surface area contributed by atoms with Gasteiger partial charge in [-0.1, -0.05) is 30.3 Å². The van der Waals surface area contributed by atoms with Crippen molar-refractivity contribution in [3.8, 4) is 0 Å². The van der Waals surface area contributed by atoms with Gasteiger partial charge in [-0.25, -0.2) is 0 Å². The molecule has 7 heteroatoms. The van der Waals surface area contributed by atoms with Gasteiger partial charge in [-0.15, -0.1) is 11.6 Å². The lowest BCUT2D eigenvalue weighted by atomic mass is 9.81. The molecule has 0 aromatic heterocycles. The van der Waals surface area contributed by atoms with Crippen LogP contribution in [0, 0.1) is 0 Å². The highest BCUT2D eigenvalue weighted by Crippen LogP contribution is 2.42. The lowest BCUT2D eigenvalue weighted by molar-refractivity contribution is -0.330. The number of halogens is 1. The number of aliphatic hydroxyl groups is 5. The van der Waals surface area contributed by atoms with Crippen LogP contribution in [0.15, 0.2) is 30.3 Å².